The molecule has 2 aliphatic rings. The SMILES string of the molecule is N#Cc1c(N2CCC(C(=O)O)C2)nc2c(c1C#N)CCCCCC2. The second-order valence-electron chi connectivity index (χ2n) is 6.52. The number of rotatable bonds is 2. The van der Waals surface area contributed by atoms with Crippen molar-refractivity contribution < 1.29 is 9.90 Å². The first-order chi connectivity index (χ1) is 11.7. The van der Waals surface area contributed by atoms with E-state index >= 15 is 0 Å². The topological polar surface area (TPSA) is 101 Å². The summed E-state index contributed by atoms with van der Waals surface area (Å²) in [5.74, 6) is -0.759. The van der Waals surface area contributed by atoms with E-state index in [9.17, 15) is 20.4 Å². The third-order valence-corrected chi connectivity index (χ3v) is 5.02. The van der Waals surface area contributed by atoms with Gasteiger partial charge in [0.15, 0.2) is 0 Å². The van der Waals surface area contributed by atoms with Gasteiger partial charge < -0.3 is 10.0 Å². The Balaban J connectivity index is 2.06. The number of aliphatic carboxylic acids is 1. The predicted octanol–water partition coefficient (Wildman–Crippen LogP) is 2.39. The van der Waals surface area contributed by atoms with E-state index in [1.165, 1.54) is 0 Å². The van der Waals surface area contributed by atoms with E-state index in [-0.39, 0.29) is 0 Å². The van der Waals surface area contributed by atoms with Gasteiger partial charge in [0, 0.05) is 18.8 Å². The van der Waals surface area contributed by atoms with Crippen LogP contribution < -0.4 is 4.90 Å². The van der Waals surface area contributed by atoms with Crippen LogP contribution in [0, 0.1) is 28.6 Å². The molecule has 1 fully saturated rings. The van der Waals surface area contributed by atoms with Crippen LogP contribution in [0.3, 0.4) is 0 Å². The Morgan fingerprint density at radius 2 is 1.83 bits per heavy atom. The number of pyridine rings is 1. The van der Waals surface area contributed by atoms with Crippen LogP contribution >= 0.6 is 0 Å². The molecule has 1 aromatic heterocycles. The van der Waals surface area contributed by atoms with Crippen molar-refractivity contribution in [3.63, 3.8) is 0 Å². The van der Waals surface area contributed by atoms with E-state index in [0.717, 1.165) is 49.8 Å². The predicted molar refractivity (Wildman–Crippen MR) is 87.5 cm³/mol. The number of hydrogen-bond donors (Lipinski definition) is 1. The summed E-state index contributed by atoms with van der Waals surface area (Å²) < 4.78 is 0. The molecule has 24 heavy (non-hydrogen) atoms. The van der Waals surface area contributed by atoms with Crippen molar-refractivity contribution in [3.05, 3.63) is 22.4 Å². The molecule has 0 spiro atoms. The third-order valence-electron chi connectivity index (χ3n) is 5.02. The van der Waals surface area contributed by atoms with Crippen molar-refractivity contribution in [2.24, 2.45) is 5.92 Å². The van der Waals surface area contributed by atoms with Crippen LogP contribution in [0.5, 0.6) is 0 Å². The molecule has 0 aromatic carbocycles. The molecule has 1 N–H and O–H groups in total. The van der Waals surface area contributed by atoms with Crippen LogP contribution in [0.2, 0.25) is 0 Å². The summed E-state index contributed by atoms with van der Waals surface area (Å²) in [6.07, 6.45) is 6.49. The van der Waals surface area contributed by atoms with Crippen LogP contribution in [-0.2, 0) is 17.6 Å². The monoisotopic (exact) mass is 324 g/mol. The Morgan fingerprint density at radius 1 is 1.12 bits per heavy atom. The zero-order chi connectivity index (χ0) is 17.1. The lowest BCUT2D eigenvalue weighted by Gasteiger charge is -2.23. The molecule has 0 amide bonds. The van der Waals surface area contributed by atoms with E-state index in [1.807, 2.05) is 4.90 Å². The zero-order valence-corrected chi connectivity index (χ0v) is 13.6. The Labute approximate surface area is 141 Å². The number of carboxylic acids is 1. The number of hydrogen-bond acceptors (Lipinski definition) is 5. The molecule has 1 aliphatic carbocycles. The minimum Gasteiger partial charge on any atom is -0.481 e. The van der Waals surface area contributed by atoms with Crippen LogP contribution in [0.15, 0.2) is 0 Å². The molecule has 0 bridgehead atoms. The molecule has 1 unspecified atom stereocenters. The summed E-state index contributed by atoms with van der Waals surface area (Å²) in [6, 6.07) is 4.36. The number of nitriles is 2. The second kappa shape index (κ2) is 6.88. The fourth-order valence-electron chi connectivity index (χ4n) is 3.69. The van der Waals surface area contributed by atoms with Crippen molar-refractivity contribution >= 4 is 11.8 Å². The molecule has 1 saturated heterocycles. The molecular weight excluding hydrogens is 304 g/mol. The van der Waals surface area contributed by atoms with E-state index in [0.29, 0.717) is 36.5 Å². The lowest BCUT2D eigenvalue weighted by atomic mass is 9.91. The summed E-state index contributed by atoms with van der Waals surface area (Å²) in [6.45, 7) is 0.906. The molecule has 0 radical (unpaired) electrons. The Morgan fingerprint density at radius 3 is 2.46 bits per heavy atom. The first-order valence-corrected chi connectivity index (χ1v) is 8.49. The van der Waals surface area contributed by atoms with Crippen LogP contribution in [0.25, 0.3) is 0 Å². The van der Waals surface area contributed by atoms with Gasteiger partial charge in [0.25, 0.3) is 0 Å². The summed E-state index contributed by atoms with van der Waals surface area (Å²) in [7, 11) is 0. The van der Waals surface area contributed by atoms with Crippen LogP contribution in [0.4, 0.5) is 5.82 Å². The highest BCUT2D eigenvalue weighted by Gasteiger charge is 2.32. The molecule has 0 saturated carbocycles. The maximum absolute atomic E-state index is 11.2. The standard InChI is InChI=1S/C18H20N4O2/c19-9-14-13-5-3-1-2-4-6-16(13)21-17(15(14)10-20)22-8-7-12(11-22)18(23)24/h12H,1-8,11H2,(H,23,24). The number of fused-ring (bicyclic) bond motifs is 1. The van der Waals surface area contributed by atoms with Gasteiger partial charge in [0.2, 0.25) is 0 Å². The first-order valence-electron chi connectivity index (χ1n) is 8.49. The highest BCUT2D eigenvalue weighted by molar-refractivity contribution is 5.73. The Kier molecular flexibility index (Phi) is 4.66. The van der Waals surface area contributed by atoms with Crippen molar-refractivity contribution in [2.75, 3.05) is 18.0 Å². The largest absolute Gasteiger partial charge is 0.481 e. The van der Waals surface area contributed by atoms with Gasteiger partial charge in [-0.2, -0.15) is 10.5 Å². The molecule has 2 heterocycles. The molecule has 3 rings (SSSR count). The smallest absolute Gasteiger partial charge is 0.308 e. The second-order valence-corrected chi connectivity index (χ2v) is 6.52. The Hall–Kier alpha value is -2.60. The summed E-state index contributed by atoms with van der Waals surface area (Å²) in [4.78, 5) is 17.8. The molecule has 6 nitrogen and oxygen atoms in total. The average molecular weight is 324 g/mol. The van der Waals surface area contributed by atoms with Gasteiger partial charge in [-0.05, 0) is 37.7 Å². The minimum absolute atomic E-state index is 0.308. The Bertz CT molecular complexity index is 745. The molecule has 1 atom stereocenters. The third kappa shape index (κ3) is 2.92. The fraction of sp³-hybridized carbons (Fsp3) is 0.556. The average Bonchev–Trinajstić information content (AvgIpc) is 3.04. The molecule has 124 valence electrons. The highest BCUT2D eigenvalue weighted by Crippen LogP contribution is 2.32. The number of anilines is 1. The normalized spacial score (nSPS) is 20.4. The van der Waals surface area contributed by atoms with Gasteiger partial charge in [0.05, 0.1) is 11.5 Å². The number of carboxylic acid groups (broad SMARTS) is 1. The van der Waals surface area contributed by atoms with Gasteiger partial charge in [0.1, 0.15) is 23.5 Å². The van der Waals surface area contributed by atoms with E-state index in [4.69, 9.17) is 4.98 Å². The quantitative estimate of drug-likeness (QED) is 0.896. The fourth-order valence-corrected chi connectivity index (χ4v) is 3.69. The number of aryl methyl sites for hydroxylation is 1. The van der Waals surface area contributed by atoms with Gasteiger partial charge in [-0.1, -0.05) is 12.8 Å². The van der Waals surface area contributed by atoms with E-state index in [2.05, 4.69) is 12.1 Å². The first kappa shape index (κ1) is 16.3. The molecular formula is C18H20N4O2. The summed E-state index contributed by atoms with van der Waals surface area (Å²) >= 11 is 0. The minimum atomic E-state index is -0.817. The van der Waals surface area contributed by atoms with Gasteiger partial charge in [-0.3, -0.25) is 4.79 Å². The lowest BCUT2D eigenvalue weighted by Crippen LogP contribution is -2.25. The summed E-state index contributed by atoms with van der Waals surface area (Å²) in [5.41, 5.74) is 2.59. The van der Waals surface area contributed by atoms with Gasteiger partial charge in [-0.25, -0.2) is 4.98 Å². The zero-order valence-electron chi connectivity index (χ0n) is 13.6. The maximum atomic E-state index is 11.2. The van der Waals surface area contributed by atoms with Crippen LogP contribution in [-0.4, -0.2) is 29.1 Å². The molecule has 1 aromatic rings. The van der Waals surface area contributed by atoms with Gasteiger partial charge >= 0.3 is 5.97 Å². The van der Waals surface area contributed by atoms with Crippen molar-refractivity contribution in [1.82, 2.24) is 4.98 Å². The number of carbonyl (C=O) groups is 1. The lowest BCUT2D eigenvalue weighted by molar-refractivity contribution is -0.140. The van der Waals surface area contributed by atoms with Gasteiger partial charge in [-0.15, -0.1) is 0 Å². The highest BCUT2D eigenvalue weighted by atomic mass is 16.4. The van der Waals surface area contributed by atoms with E-state index < -0.39 is 11.9 Å². The molecule has 1 aliphatic heterocycles. The van der Waals surface area contributed by atoms with Crippen LogP contribution in [0.1, 0.15) is 54.5 Å². The van der Waals surface area contributed by atoms with E-state index in [1.54, 1.807) is 0 Å². The van der Waals surface area contributed by atoms with Crippen molar-refractivity contribution in [1.29, 1.82) is 10.5 Å². The maximum Gasteiger partial charge on any atom is 0.308 e. The van der Waals surface area contributed by atoms with Crippen molar-refractivity contribution in [3.8, 4) is 12.1 Å². The van der Waals surface area contributed by atoms with Crippen molar-refractivity contribution in [2.45, 2.75) is 44.9 Å². The molecule has 6 heteroatoms. The number of aromatic nitrogens is 1. The summed E-state index contributed by atoms with van der Waals surface area (Å²) in [5, 5.41) is 28.4. The number of nitrogens with zero attached hydrogens (tertiary/aromatic N) is 4.